The van der Waals surface area contributed by atoms with Crippen molar-refractivity contribution in [2.45, 2.75) is 42.0 Å². The molecule has 0 spiro atoms. The number of hydrogen-bond acceptors (Lipinski definition) is 5. The lowest BCUT2D eigenvalue weighted by atomic mass is 10.0. The van der Waals surface area contributed by atoms with Crippen LogP contribution in [0.2, 0.25) is 0 Å². The summed E-state index contributed by atoms with van der Waals surface area (Å²) in [5.41, 5.74) is 4.16. The number of carbonyl (C=O) groups excluding carboxylic acids is 1. The Morgan fingerprint density at radius 3 is 2.06 bits per heavy atom. The maximum atomic E-state index is 13.5. The lowest BCUT2D eigenvalue weighted by Gasteiger charge is -2.25. The van der Waals surface area contributed by atoms with Gasteiger partial charge in [-0.1, -0.05) is 54.6 Å². The molecule has 0 bridgehead atoms. The van der Waals surface area contributed by atoms with E-state index in [4.69, 9.17) is 0 Å². The Hall–Kier alpha value is -2.68. The molecule has 1 amide bonds. The Labute approximate surface area is 205 Å². The minimum Gasteiger partial charge on any atom is -0.280 e. The maximum absolute atomic E-state index is 13.5. The molecule has 8 heteroatoms. The molecule has 2 aliphatic heterocycles. The fourth-order valence-corrected chi connectivity index (χ4v) is 6.76. The summed E-state index contributed by atoms with van der Waals surface area (Å²) in [6.45, 7) is 1.12. The minimum atomic E-state index is -3.51. The summed E-state index contributed by atoms with van der Waals surface area (Å²) in [5, 5.41) is 0.627. The van der Waals surface area contributed by atoms with Crippen molar-refractivity contribution < 1.29 is 13.2 Å². The van der Waals surface area contributed by atoms with Gasteiger partial charge in [0.15, 0.2) is 0 Å². The monoisotopic (exact) mass is 493 g/mol. The van der Waals surface area contributed by atoms with Crippen molar-refractivity contribution in [3.63, 3.8) is 0 Å². The third-order valence-electron chi connectivity index (χ3n) is 6.38. The predicted molar refractivity (Wildman–Crippen MR) is 135 cm³/mol. The van der Waals surface area contributed by atoms with Gasteiger partial charge in [0.1, 0.15) is 4.90 Å². The largest absolute Gasteiger partial charge is 0.280 e. The summed E-state index contributed by atoms with van der Waals surface area (Å²) < 4.78 is 27.3. The van der Waals surface area contributed by atoms with Crippen LogP contribution in [-0.2, 0) is 27.7 Å². The fourth-order valence-electron chi connectivity index (χ4n) is 4.61. The van der Waals surface area contributed by atoms with Gasteiger partial charge in [-0.25, -0.2) is 13.4 Å². The molecule has 6 nitrogen and oxygen atoms in total. The maximum Gasteiger partial charge on any atom is 0.244 e. The molecule has 2 aliphatic rings. The average molecular weight is 494 g/mol. The molecular weight excluding hydrogens is 466 g/mol. The van der Waals surface area contributed by atoms with Crippen LogP contribution in [0.3, 0.4) is 0 Å². The van der Waals surface area contributed by atoms with Crippen LogP contribution in [0.4, 0.5) is 11.4 Å². The first-order chi connectivity index (χ1) is 16.5. The van der Waals surface area contributed by atoms with Crippen LogP contribution >= 0.6 is 11.8 Å². The van der Waals surface area contributed by atoms with Gasteiger partial charge in [-0.15, -0.1) is 0 Å². The number of nitrogens with zero attached hydrogens (tertiary/aromatic N) is 3. The summed E-state index contributed by atoms with van der Waals surface area (Å²) in [4.78, 5) is 19.8. The van der Waals surface area contributed by atoms with Crippen LogP contribution in [0.5, 0.6) is 0 Å². The summed E-state index contributed by atoms with van der Waals surface area (Å²) in [7, 11) is -3.51. The molecule has 3 aromatic rings. The zero-order chi connectivity index (χ0) is 23.5. The lowest BCUT2D eigenvalue weighted by molar-refractivity contribution is -0.115. The first-order valence-corrected chi connectivity index (χ1v) is 14.0. The second-order valence-corrected chi connectivity index (χ2v) is 11.5. The van der Waals surface area contributed by atoms with Crippen LogP contribution in [0.25, 0.3) is 0 Å². The number of aryl methyl sites for hydroxylation is 2. The number of para-hydroxylation sites is 2. The second kappa shape index (κ2) is 9.90. The topological polar surface area (TPSA) is 70.6 Å². The van der Waals surface area contributed by atoms with Crippen molar-refractivity contribution >= 4 is 39.1 Å². The highest BCUT2D eigenvalue weighted by Gasteiger charge is 2.27. The van der Waals surface area contributed by atoms with E-state index in [1.807, 2.05) is 41.3 Å². The molecule has 3 heterocycles. The molecule has 1 saturated heterocycles. The Bertz CT molecular complexity index is 1240. The molecule has 0 unspecified atom stereocenters. The number of aromatic nitrogens is 1. The number of benzene rings is 2. The van der Waals surface area contributed by atoms with Gasteiger partial charge in [0.05, 0.1) is 22.2 Å². The smallest absolute Gasteiger partial charge is 0.244 e. The standard InChI is InChI=1S/C26H27N3O3S2/c30-26(29-23-10-4-2-8-20(23)12-13-21-9-3-5-11-24(21)29)19-33-25-15-14-22(18-27-25)34(31,32)28-16-6-1-7-17-28/h2-5,8-11,14-15,18H,1,6-7,12-13,16-17,19H2. The van der Waals surface area contributed by atoms with E-state index in [9.17, 15) is 13.2 Å². The first-order valence-electron chi connectivity index (χ1n) is 11.6. The number of anilines is 2. The molecule has 1 aromatic heterocycles. The van der Waals surface area contributed by atoms with Crippen LogP contribution in [-0.4, -0.2) is 42.5 Å². The summed E-state index contributed by atoms with van der Waals surface area (Å²) in [6.07, 6.45) is 6.04. The minimum absolute atomic E-state index is 0.0291. The molecular formula is C26H27N3O3S2. The van der Waals surface area contributed by atoms with Gasteiger partial charge in [0.2, 0.25) is 15.9 Å². The Kier molecular flexibility index (Phi) is 6.72. The normalized spacial score (nSPS) is 16.4. The van der Waals surface area contributed by atoms with Crippen LogP contribution in [0, 0.1) is 0 Å². The molecule has 176 valence electrons. The average Bonchev–Trinajstić information content (AvgIpc) is 3.05. The third kappa shape index (κ3) is 4.62. The quantitative estimate of drug-likeness (QED) is 0.477. The number of amides is 1. The number of rotatable bonds is 5. The summed E-state index contributed by atoms with van der Waals surface area (Å²) in [6, 6.07) is 19.4. The molecule has 0 saturated carbocycles. The van der Waals surface area contributed by atoms with E-state index in [2.05, 4.69) is 17.1 Å². The highest BCUT2D eigenvalue weighted by atomic mass is 32.2. The first kappa shape index (κ1) is 23.1. The van der Waals surface area contributed by atoms with Gasteiger partial charge in [-0.2, -0.15) is 4.31 Å². The number of carbonyl (C=O) groups is 1. The highest BCUT2D eigenvalue weighted by Crippen LogP contribution is 2.36. The molecule has 0 atom stereocenters. The Morgan fingerprint density at radius 1 is 0.853 bits per heavy atom. The predicted octanol–water partition coefficient (Wildman–Crippen LogP) is 4.81. The second-order valence-electron chi connectivity index (χ2n) is 8.57. The highest BCUT2D eigenvalue weighted by molar-refractivity contribution is 7.99. The van der Waals surface area contributed by atoms with Crippen molar-refractivity contribution in [2.24, 2.45) is 0 Å². The SMILES string of the molecule is O=C(CSc1ccc(S(=O)(=O)N2CCCCC2)cn1)N1c2ccccc2CCc2ccccc21. The number of sulfonamides is 1. The van der Waals surface area contributed by atoms with Crippen molar-refractivity contribution in [2.75, 3.05) is 23.7 Å². The molecule has 1 fully saturated rings. The van der Waals surface area contributed by atoms with E-state index >= 15 is 0 Å². The number of piperidine rings is 1. The van der Waals surface area contributed by atoms with Crippen molar-refractivity contribution in [1.29, 1.82) is 0 Å². The molecule has 0 N–H and O–H groups in total. The van der Waals surface area contributed by atoms with E-state index < -0.39 is 10.0 Å². The van der Waals surface area contributed by atoms with Gasteiger partial charge < -0.3 is 0 Å². The van der Waals surface area contributed by atoms with E-state index in [0.717, 1.165) is 54.6 Å². The lowest BCUT2D eigenvalue weighted by Crippen LogP contribution is -2.35. The summed E-state index contributed by atoms with van der Waals surface area (Å²) in [5.74, 6) is 0.173. The molecule has 0 radical (unpaired) electrons. The van der Waals surface area contributed by atoms with Crippen LogP contribution in [0.15, 0.2) is 76.8 Å². The van der Waals surface area contributed by atoms with Gasteiger partial charge in [0.25, 0.3) is 0 Å². The van der Waals surface area contributed by atoms with Crippen LogP contribution in [0.1, 0.15) is 30.4 Å². The molecule has 34 heavy (non-hydrogen) atoms. The van der Waals surface area contributed by atoms with Gasteiger partial charge in [-0.05, 0) is 61.1 Å². The number of fused-ring (bicyclic) bond motifs is 2. The van der Waals surface area contributed by atoms with E-state index in [1.54, 1.807) is 12.1 Å². The number of hydrogen-bond donors (Lipinski definition) is 0. The molecule has 2 aromatic carbocycles. The zero-order valence-electron chi connectivity index (χ0n) is 18.9. The van der Waals surface area contributed by atoms with E-state index in [-0.39, 0.29) is 16.6 Å². The van der Waals surface area contributed by atoms with Gasteiger partial charge in [-0.3, -0.25) is 9.69 Å². The number of pyridine rings is 1. The van der Waals surface area contributed by atoms with E-state index in [1.165, 1.54) is 22.3 Å². The summed E-state index contributed by atoms with van der Waals surface area (Å²) >= 11 is 1.32. The van der Waals surface area contributed by atoms with Crippen molar-refractivity contribution in [3.05, 3.63) is 78.0 Å². The fraction of sp³-hybridized carbons (Fsp3) is 0.308. The number of thioether (sulfide) groups is 1. The van der Waals surface area contributed by atoms with Gasteiger partial charge in [0, 0.05) is 19.3 Å². The Balaban J connectivity index is 1.33. The van der Waals surface area contributed by atoms with Crippen molar-refractivity contribution in [3.8, 4) is 0 Å². The molecule has 5 rings (SSSR count). The van der Waals surface area contributed by atoms with Crippen molar-refractivity contribution in [1.82, 2.24) is 9.29 Å². The molecule has 0 aliphatic carbocycles. The van der Waals surface area contributed by atoms with Crippen LogP contribution < -0.4 is 4.90 Å². The van der Waals surface area contributed by atoms with Gasteiger partial charge >= 0.3 is 0 Å². The van der Waals surface area contributed by atoms with E-state index in [0.29, 0.717) is 18.1 Å². The third-order valence-corrected chi connectivity index (χ3v) is 9.19. The Morgan fingerprint density at radius 2 is 1.47 bits per heavy atom. The zero-order valence-corrected chi connectivity index (χ0v) is 20.5.